The van der Waals surface area contributed by atoms with Crippen molar-refractivity contribution in [3.63, 3.8) is 0 Å². The van der Waals surface area contributed by atoms with Crippen LogP contribution in [0.3, 0.4) is 0 Å². The topological polar surface area (TPSA) is 112 Å². The van der Waals surface area contributed by atoms with E-state index in [1.54, 1.807) is 49.9 Å². The van der Waals surface area contributed by atoms with Crippen LogP contribution in [0.5, 0.6) is 0 Å². The van der Waals surface area contributed by atoms with Crippen molar-refractivity contribution < 1.29 is 38.1 Å². The van der Waals surface area contributed by atoms with Crippen molar-refractivity contribution in [3.05, 3.63) is 24.3 Å². The molecule has 2 amide bonds. The van der Waals surface area contributed by atoms with Crippen LogP contribution in [0.15, 0.2) is 24.3 Å². The predicted octanol–water partition coefficient (Wildman–Crippen LogP) is 1.05. The second kappa shape index (κ2) is 9.66. The highest BCUT2D eigenvalue weighted by Crippen LogP contribution is 2.27. The number of esters is 2. The summed E-state index contributed by atoms with van der Waals surface area (Å²) in [5.74, 6) is -2.30. The Balaban J connectivity index is 1.84. The van der Waals surface area contributed by atoms with Crippen LogP contribution in [-0.4, -0.2) is 74.5 Å². The highest BCUT2D eigenvalue weighted by molar-refractivity contribution is 6.02. The Kier molecular flexibility index (Phi) is 7.15. The van der Waals surface area contributed by atoms with Crippen molar-refractivity contribution in [1.82, 2.24) is 0 Å². The highest BCUT2D eigenvalue weighted by Gasteiger charge is 2.44. The fourth-order valence-corrected chi connectivity index (χ4v) is 3.47. The Morgan fingerprint density at radius 1 is 1.09 bits per heavy atom. The lowest BCUT2D eigenvalue weighted by molar-refractivity contribution is -0.188. The quantitative estimate of drug-likeness (QED) is 0.615. The zero-order chi connectivity index (χ0) is 23.5. The van der Waals surface area contributed by atoms with E-state index in [1.807, 2.05) is 0 Å². The van der Waals surface area contributed by atoms with Crippen LogP contribution in [-0.2, 0) is 38.1 Å². The van der Waals surface area contributed by atoms with Crippen molar-refractivity contribution in [2.75, 3.05) is 42.7 Å². The van der Waals surface area contributed by atoms with Gasteiger partial charge in [-0.3, -0.25) is 14.4 Å². The van der Waals surface area contributed by atoms with Gasteiger partial charge in [-0.15, -0.1) is 0 Å². The summed E-state index contributed by atoms with van der Waals surface area (Å²) in [5, 5.41) is 0. The van der Waals surface area contributed by atoms with Crippen LogP contribution < -0.4 is 9.80 Å². The molecule has 2 atom stereocenters. The maximum Gasteiger partial charge on any atom is 0.351 e. The molecule has 0 aliphatic carbocycles. The van der Waals surface area contributed by atoms with E-state index in [0.29, 0.717) is 24.5 Å². The first-order valence-corrected chi connectivity index (χ1v) is 10.4. The lowest BCUT2D eigenvalue weighted by Gasteiger charge is -2.36. The molecular weight excluding hydrogens is 420 g/mol. The van der Waals surface area contributed by atoms with E-state index < -0.39 is 35.7 Å². The number of anilines is 2. The number of morpholine rings is 2. The number of hydrogen-bond donors (Lipinski definition) is 0. The van der Waals surface area contributed by atoms with Crippen molar-refractivity contribution >= 4 is 35.1 Å². The molecule has 32 heavy (non-hydrogen) atoms. The van der Waals surface area contributed by atoms with Gasteiger partial charge >= 0.3 is 11.9 Å². The molecule has 0 radical (unpaired) electrons. The Hall–Kier alpha value is -2.98. The summed E-state index contributed by atoms with van der Waals surface area (Å²) < 4.78 is 21.2. The van der Waals surface area contributed by atoms with E-state index in [1.165, 1.54) is 4.90 Å². The Morgan fingerprint density at radius 2 is 1.75 bits per heavy atom. The monoisotopic (exact) mass is 448 g/mol. The van der Waals surface area contributed by atoms with Crippen LogP contribution in [0, 0.1) is 0 Å². The fourth-order valence-electron chi connectivity index (χ4n) is 3.47. The molecule has 0 N–H and O–H groups in total. The molecule has 2 fully saturated rings. The van der Waals surface area contributed by atoms with Gasteiger partial charge in [0.05, 0.1) is 13.2 Å². The number of rotatable bonds is 5. The minimum Gasteiger partial charge on any atom is -0.457 e. The third-order valence-corrected chi connectivity index (χ3v) is 4.77. The first-order valence-electron chi connectivity index (χ1n) is 10.4. The van der Waals surface area contributed by atoms with Gasteiger partial charge < -0.3 is 28.7 Å². The van der Waals surface area contributed by atoms with Crippen molar-refractivity contribution in [3.8, 4) is 0 Å². The zero-order valence-electron chi connectivity index (χ0n) is 18.7. The van der Waals surface area contributed by atoms with Gasteiger partial charge in [-0.05, 0) is 39.0 Å². The molecule has 0 spiro atoms. The van der Waals surface area contributed by atoms with Crippen LogP contribution >= 0.6 is 0 Å². The SMILES string of the molecule is CC(=O)O[C@@H](C(=O)OC(C)(C)C)[C@H]1OCCN(c2cccc(N3CCOCC3=O)c2)C1=O. The molecule has 3 rings (SSSR count). The van der Waals surface area contributed by atoms with Crippen molar-refractivity contribution in [2.24, 2.45) is 0 Å². The van der Waals surface area contributed by atoms with Crippen LogP contribution in [0.25, 0.3) is 0 Å². The molecule has 2 saturated heterocycles. The normalized spacial score (nSPS) is 20.7. The molecule has 2 aliphatic rings. The molecule has 10 heteroatoms. The van der Waals surface area contributed by atoms with Crippen LogP contribution in [0.4, 0.5) is 11.4 Å². The smallest absolute Gasteiger partial charge is 0.351 e. The number of carbonyl (C=O) groups is 4. The van der Waals surface area contributed by atoms with E-state index in [-0.39, 0.29) is 25.7 Å². The summed E-state index contributed by atoms with van der Waals surface area (Å²) in [6, 6.07) is 6.96. The Labute approximate surface area is 186 Å². The standard InChI is InChI=1S/C22H28N2O8/c1-14(25)31-19(21(28)32-22(2,3)4)18-20(27)24(9-11-30-18)16-7-5-6-15(12-16)23-8-10-29-13-17(23)26/h5-7,12,18-19H,8-11,13H2,1-4H3/t18-,19-/m1/s1. The average molecular weight is 448 g/mol. The molecule has 1 aromatic carbocycles. The largest absolute Gasteiger partial charge is 0.457 e. The Bertz CT molecular complexity index is 894. The third kappa shape index (κ3) is 5.63. The molecule has 0 bridgehead atoms. The van der Waals surface area contributed by atoms with Crippen LogP contribution in [0.1, 0.15) is 27.7 Å². The van der Waals surface area contributed by atoms with Crippen molar-refractivity contribution in [2.45, 2.75) is 45.5 Å². The molecule has 2 aliphatic heterocycles. The van der Waals surface area contributed by atoms with Gasteiger partial charge in [-0.1, -0.05) is 6.07 Å². The van der Waals surface area contributed by atoms with Gasteiger partial charge in [0.1, 0.15) is 12.2 Å². The van der Waals surface area contributed by atoms with E-state index in [0.717, 1.165) is 6.92 Å². The zero-order valence-corrected chi connectivity index (χ0v) is 18.7. The second-order valence-corrected chi connectivity index (χ2v) is 8.46. The number of nitrogens with zero attached hydrogens (tertiary/aromatic N) is 2. The van der Waals surface area contributed by atoms with E-state index >= 15 is 0 Å². The van der Waals surface area contributed by atoms with Gasteiger partial charge in [0.25, 0.3) is 11.8 Å². The summed E-state index contributed by atoms with van der Waals surface area (Å²) in [7, 11) is 0. The highest BCUT2D eigenvalue weighted by atomic mass is 16.6. The van der Waals surface area contributed by atoms with Gasteiger partial charge in [0.15, 0.2) is 6.10 Å². The molecule has 0 aromatic heterocycles. The maximum atomic E-state index is 13.3. The first kappa shape index (κ1) is 23.7. The number of hydrogen-bond acceptors (Lipinski definition) is 8. The van der Waals surface area contributed by atoms with E-state index in [4.69, 9.17) is 18.9 Å². The first-order chi connectivity index (χ1) is 15.1. The van der Waals surface area contributed by atoms with Gasteiger partial charge in [0, 0.05) is 31.4 Å². The summed E-state index contributed by atoms with van der Waals surface area (Å²) in [6.45, 7) is 7.35. The molecule has 0 saturated carbocycles. The van der Waals surface area contributed by atoms with E-state index in [2.05, 4.69) is 0 Å². The third-order valence-electron chi connectivity index (χ3n) is 4.77. The van der Waals surface area contributed by atoms with E-state index in [9.17, 15) is 19.2 Å². The summed E-state index contributed by atoms with van der Waals surface area (Å²) in [4.78, 5) is 52.8. The Morgan fingerprint density at radius 3 is 2.38 bits per heavy atom. The lowest BCUT2D eigenvalue weighted by Crippen LogP contribution is -2.56. The molecule has 1 aromatic rings. The minimum absolute atomic E-state index is 0.00272. The molecule has 10 nitrogen and oxygen atoms in total. The summed E-state index contributed by atoms with van der Waals surface area (Å²) in [5.41, 5.74) is 0.326. The summed E-state index contributed by atoms with van der Waals surface area (Å²) in [6.07, 6.45) is -2.89. The maximum absolute atomic E-state index is 13.3. The van der Waals surface area contributed by atoms with Crippen LogP contribution in [0.2, 0.25) is 0 Å². The average Bonchev–Trinajstić information content (AvgIpc) is 2.71. The van der Waals surface area contributed by atoms with Crippen molar-refractivity contribution in [1.29, 1.82) is 0 Å². The number of amides is 2. The van der Waals surface area contributed by atoms with Gasteiger partial charge in [0.2, 0.25) is 6.10 Å². The molecule has 2 heterocycles. The molecule has 0 unspecified atom stereocenters. The van der Waals surface area contributed by atoms with Gasteiger partial charge in [-0.2, -0.15) is 0 Å². The van der Waals surface area contributed by atoms with Gasteiger partial charge in [-0.25, -0.2) is 4.79 Å². The number of ether oxygens (including phenoxy) is 4. The minimum atomic E-state index is -1.54. The second-order valence-electron chi connectivity index (χ2n) is 8.46. The lowest BCUT2D eigenvalue weighted by atomic mass is 10.1. The molecular formula is C22H28N2O8. The number of carbonyl (C=O) groups excluding carboxylic acids is 4. The fraction of sp³-hybridized carbons (Fsp3) is 0.545. The number of benzene rings is 1. The molecule has 174 valence electrons. The summed E-state index contributed by atoms with van der Waals surface area (Å²) >= 11 is 0. The predicted molar refractivity (Wildman–Crippen MR) is 113 cm³/mol.